The van der Waals surface area contributed by atoms with Gasteiger partial charge in [0.25, 0.3) is 0 Å². The molecule has 0 aliphatic heterocycles. The van der Waals surface area contributed by atoms with E-state index in [-0.39, 0.29) is 23.8 Å². The Bertz CT molecular complexity index is 506. The van der Waals surface area contributed by atoms with E-state index < -0.39 is 0 Å². The zero-order chi connectivity index (χ0) is 16.6. The summed E-state index contributed by atoms with van der Waals surface area (Å²) in [6, 6.07) is 6.19. The average molecular weight is 308 g/mol. The lowest BCUT2D eigenvalue weighted by Crippen LogP contribution is -2.48. The SMILES string of the molecule is CCNC(=NCc1ccc(F)cc1)NCC(=O)NC(C)(C)C. The van der Waals surface area contributed by atoms with E-state index in [1.807, 2.05) is 27.7 Å². The molecule has 1 rings (SSSR count). The summed E-state index contributed by atoms with van der Waals surface area (Å²) in [5.74, 6) is 0.187. The van der Waals surface area contributed by atoms with Crippen LogP contribution in [0.4, 0.5) is 4.39 Å². The van der Waals surface area contributed by atoms with Crippen LogP contribution in [0.5, 0.6) is 0 Å². The molecule has 1 aromatic rings. The lowest BCUT2D eigenvalue weighted by atomic mass is 10.1. The summed E-state index contributed by atoms with van der Waals surface area (Å²) in [6.07, 6.45) is 0. The number of aliphatic imine (C=N–C) groups is 1. The first-order valence-corrected chi connectivity index (χ1v) is 7.38. The molecule has 0 saturated carbocycles. The topological polar surface area (TPSA) is 65.5 Å². The monoisotopic (exact) mass is 308 g/mol. The molecule has 0 heterocycles. The molecule has 3 N–H and O–H groups in total. The average Bonchev–Trinajstić information content (AvgIpc) is 2.42. The number of rotatable bonds is 5. The molecular weight excluding hydrogens is 283 g/mol. The summed E-state index contributed by atoms with van der Waals surface area (Å²) >= 11 is 0. The minimum absolute atomic E-state index is 0.0973. The van der Waals surface area contributed by atoms with Crippen LogP contribution in [0.3, 0.4) is 0 Å². The first kappa shape index (κ1) is 17.9. The van der Waals surface area contributed by atoms with Gasteiger partial charge in [-0.2, -0.15) is 0 Å². The number of nitrogens with one attached hydrogen (secondary N) is 3. The number of benzene rings is 1. The van der Waals surface area contributed by atoms with Crippen molar-refractivity contribution in [3.05, 3.63) is 35.6 Å². The molecule has 0 radical (unpaired) electrons. The van der Waals surface area contributed by atoms with Crippen molar-refractivity contribution in [3.8, 4) is 0 Å². The Kier molecular flexibility index (Phi) is 6.82. The number of hydrogen-bond donors (Lipinski definition) is 3. The van der Waals surface area contributed by atoms with Gasteiger partial charge in [0, 0.05) is 12.1 Å². The van der Waals surface area contributed by atoms with Crippen LogP contribution >= 0.6 is 0 Å². The quantitative estimate of drug-likeness (QED) is 0.574. The van der Waals surface area contributed by atoms with Crippen molar-refractivity contribution in [3.63, 3.8) is 0 Å². The van der Waals surface area contributed by atoms with Gasteiger partial charge in [0.2, 0.25) is 5.91 Å². The number of carbonyl (C=O) groups is 1. The normalized spacial score (nSPS) is 12.0. The molecule has 1 aromatic carbocycles. The maximum Gasteiger partial charge on any atom is 0.239 e. The van der Waals surface area contributed by atoms with Crippen LogP contribution < -0.4 is 16.0 Å². The fourth-order valence-corrected chi connectivity index (χ4v) is 1.73. The zero-order valence-electron chi connectivity index (χ0n) is 13.7. The molecule has 0 unspecified atom stereocenters. The third-order valence-electron chi connectivity index (χ3n) is 2.61. The Morgan fingerprint density at radius 1 is 1.18 bits per heavy atom. The van der Waals surface area contributed by atoms with Crippen molar-refractivity contribution in [2.45, 2.75) is 39.8 Å². The smallest absolute Gasteiger partial charge is 0.239 e. The summed E-state index contributed by atoms with van der Waals surface area (Å²) < 4.78 is 12.8. The Morgan fingerprint density at radius 2 is 1.82 bits per heavy atom. The summed E-state index contributed by atoms with van der Waals surface area (Å²) in [7, 11) is 0. The van der Waals surface area contributed by atoms with Crippen LogP contribution in [0.15, 0.2) is 29.3 Å². The molecule has 0 aliphatic rings. The van der Waals surface area contributed by atoms with Gasteiger partial charge in [-0.15, -0.1) is 0 Å². The molecule has 0 saturated heterocycles. The van der Waals surface area contributed by atoms with E-state index in [1.165, 1.54) is 12.1 Å². The van der Waals surface area contributed by atoms with Crippen molar-refractivity contribution in [1.82, 2.24) is 16.0 Å². The first-order valence-electron chi connectivity index (χ1n) is 7.38. The van der Waals surface area contributed by atoms with E-state index in [0.717, 1.165) is 5.56 Å². The Hall–Kier alpha value is -2.11. The second-order valence-electron chi connectivity index (χ2n) is 5.97. The minimum atomic E-state index is -0.267. The van der Waals surface area contributed by atoms with Crippen molar-refractivity contribution in [1.29, 1.82) is 0 Å². The van der Waals surface area contributed by atoms with E-state index in [0.29, 0.717) is 19.0 Å². The lowest BCUT2D eigenvalue weighted by Gasteiger charge is -2.21. The molecule has 1 amide bonds. The van der Waals surface area contributed by atoms with Crippen LogP contribution in [0.2, 0.25) is 0 Å². The minimum Gasteiger partial charge on any atom is -0.357 e. The highest BCUT2D eigenvalue weighted by Gasteiger charge is 2.13. The number of guanidine groups is 1. The molecule has 0 atom stereocenters. The predicted molar refractivity (Wildman–Crippen MR) is 87.1 cm³/mol. The molecule has 6 heteroatoms. The zero-order valence-corrected chi connectivity index (χ0v) is 13.7. The summed E-state index contributed by atoms with van der Waals surface area (Å²) in [4.78, 5) is 16.2. The van der Waals surface area contributed by atoms with Gasteiger partial charge in [-0.3, -0.25) is 4.79 Å². The summed E-state index contributed by atoms with van der Waals surface area (Å²) in [5, 5.41) is 8.92. The molecule has 0 aromatic heterocycles. The predicted octanol–water partition coefficient (Wildman–Crippen LogP) is 1.80. The van der Waals surface area contributed by atoms with Gasteiger partial charge in [0.05, 0.1) is 13.1 Å². The molecule has 22 heavy (non-hydrogen) atoms. The number of nitrogens with zero attached hydrogens (tertiary/aromatic N) is 1. The van der Waals surface area contributed by atoms with Gasteiger partial charge in [0.15, 0.2) is 5.96 Å². The van der Waals surface area contributed by atoms with Gasteiger partial charge in [-0.1, -0.05) is 12.1 Å². The Morgan fingerprint density at radius 3 is 2.36 bits per heavy atom. The van der Waals surface area contributed by atoms with Gasteiger partial charge < -0.3 is 16.0 Å². The molecule has 0 spiro atoms. The van der Waals surface area contributed by atoms with Gasteiger partial charge in [-0.05, 0) is 45.4 Å². The van der Waals surface area contributed by atoms with Crippen molar-refractivity contribution in [2.75, 3.05) is 13.1 Å². The van der Waals surface area contributed by atoms with Gasteiger partial charge in [0.1, 0.15) is 5.82 Å². The molecular formula is C16H25FN4O. The molecule has 0 fully saturated rings. The molecule has 0 aliphatic carbocycles. The Balaban J connectivity index is 2.55. The number of carbonyl (C=O) groups excluding carboxylic acids is 1. The first-order chi connectivity index (χ1) is 10.3. The van der Waals surface area contributed by atoms with Gasteiger partial charge in [-0.25, -0.2) is 9.38 Å². The van der Waals surface area contributed by atoms with Crippen molar-refractivity contribution in [2.24, 2.45) is 4.99 Å². The standard InChI is InChI=1S/C16H25FN4O/c1-5-18-15(20-11-14(22)21-16(2,3)4)19-10-12-6-8-13(17)9-7-12/h6-9H,5,10-11H2,1-4H3,(H,21,22)(H2,18,19,20). The second kappa shape index (κ2) is 8.36. The summed E-state index contributed by atoms with van der Waals surface area (Å²) in [5.41, 5.74) is 0.639. The lowest BCUT2D eigenvalue weighted by molar-refractivity contribution is -0.121. The van der Waals surface area contributed by atoms with Crippen LogP contribution in [0.25, 0.3) is 0 Å². The van der Waals surface area contributed by atoms with Crippen molar-refractivity contribution >= 4 is 11.9 Å². The van der Waals surface area contributed by atoms with Crippen LogP contribution in [-0.2, 0) is 11.3 Å². The highest BCUT2D eigenvalue weighted by Crippen LogP contribution is 2.03. The third-order valence-corrected chi connectivity index (χ3v) is 2.61. The van der Waals surface area contributed by atoms with Gasteiger partial charge >= 0.3 is 0 Å². The molecule has 0 bridgehead atoms. The third kappa shape index (κ3) is 7.61. The van der Waals surface area contributed by atoms with Crippen LogP contribution in [0.1, 0.15) is 33.3 Å². The maximum atomic E-state index is 12.8. The van der Waals surface area contributed by atoms with Crippen LogP contribution in [-0.4, -0.2) is 30.5 Å². The highest BCUT2D eigenvalue weighted by atomic mass is 19.1. The number of hydrogen-bond acceptors (Lipinski definition) is 2. The maximum absolute atomic E-state index is 12.8. The highest BCUT2D eigenvalue weighted by molar-refractivity contribution is 5.86. The van der Waals surface area contributed by atoms with E-state index in [2.05, 4.69) is 20.9 Å². The van der Waals surface area contributed by atoms with Crippen molar-refractivity contribution < 1.29 is 9.18 Å². The fraction of sp³-hybridized carbons (Fsp3) is 0.500. The second-order valence-corrected chi connectivity index (χ2v) is 5.97. The molecule has 5 nitrogen and oxygen atoms in total. The largest absolute Gasteiger partial charge is 0.357 e. The summed E-state index contributed by atoms with van der Waals surface area (Å²) in [6.45, 7) is 8.99. The van der Waals surface area contributed by atoms with E-state index in [4.69, 9.17) is 0 Å². The Labute approximate surface area is 131 Å². The van der Waals surface area contributed by atoms with E-state index >= 15 is 0 Å². The number of amides is 1. The van der Waals surface area contributed by atoms with E-state index in [1.54, 1.807) is 12.1 Å². The number of halogens is 1. The van der Waals surface area contributed by atoms with Crippen LogP contribution in [0, 0.1) is 5.82 Å². The fourth-order valence-electron chi connectivity index (χ4n) is 1.73. The molecule has 122 valence electrons. The van der Waals surface area contributed by atoms with E-state index in [9.17, 15) is 9.18 Å².